The van der Waals surface area contributed by atoms with Crippen LogP contribution in [0.1, 0.15) is 5.56 Å². The van der Waals surface area contributed by atoms with Gasteiger partial charge in [-0.1, -0.05) is 66.7 Å². The zero-order chi connectivity index (χ0) is 15.7. The fourth-order valence-corrected chi connectivity index (χ4v) is 3.00. The van der Waals surface area contributed by atoms with Crippen LogP contribution in [0, 0.1) is 5.92 Å². The molecule has 0 amide bonds. The molecule has 0 fully saturated rings. The summed E-state index contributed by atoms with van der Waals surface area (Å²) in [6.07, 6.45) is 3.08. The van der Waals surface area contributed by atoms with Crippen LogP contribution in [0.15, 0.2) is 54.6 Å². The van der Waals surface area contributed by atoms with Crippen molar-refractivity contribution in [2.75, 3.05) is 0 Å². The van der Waals surface area contributed by atoms with Gasteiger partial charge in [0.1, 0.15) is 5.41 Å². The number of carboxylic acid groups (broad SMARTS) is 2. The molecule has 0 aliphatic heterocycles. The molecule has 0 radical (unpaired) electrons. The van der Waals surface area contributed by atoms with Gasteiger partial charge >= 0.3 is 11.9 Å². The smallest absolute Gasteiger partial charge is 0.319 e. The van der Waals surface area contributed by atoms with Crippen molar-refractivity contribution < 1.29 is 19.8 Å². The summed E-state index contributed by atoms with van der Waals surface area (Å²) in [6.45, 7) is 0. The van der Waals surface area contributed by atoms with Crippen LogP contribution in [0.4, 0.5) is 0 Å². The fourth-order valence-electron chi connectivity index (χ4n) is 3.00. The molecular formula is C18H14O4. The summed E-state index contributed by atoms with van der Waals surface area (Å²) in [5, 5.41) is 20.9. The number of carboxylic acids is 2. The van der Waals surface area contributed by atoms with E-state index in [-0.39, 0.29) is 0 Å². The third kappa shape index (κ3) is 2.00. The second kappa shape index (κ2) is 5.15. The summed E-state index contributed by atoms with van der Waals surface area (Å²) >= 11 is 0. The quantitative estimate of drug-likeness (QED) is 0.885. The molecule has 2 N–H and O–H groups in total. The van der Waals surface area contributed by atoms with Crippen LogP contribution >= 0.6 is 0 Å². The number of carbonyl (C=O) groups is 2. The van der Waals surface area contributed by atoms with Crippen molar-refractivity contribution in [1.82, 2.24) is 0 Å². The summed E-state index contributed by atoms with van der Waals surface area (Å²) in [7, 11) is 0. The molecule has 2 aromatic rings. The first-order chi connectivity index (χ1) is 10.6. The highest BCUT2D eigenvalue weighted by Crippen LogP contribution is 2.37. The number of aliphatic carboxylic acids is 2. The van der Waals surface area contributed by atoms with Crippen LogP contribution in [-0.2, 0) is 15.0 Å². The van der Waals surface area contributed by atoms with E-state index in [2.05, 4.69) is 0 Å². The fraction of sp³-hybridized carbons (Fsp3) is 0.111. The molecule has 2 aromatic carbocycles. The third-order valence-electron chi connectivity index (χ3n) is 4.09. The van der Waals surface area contributed by atoms with E-state index in [1.54, 1.807) is 54.6 Å². The highest BCUT2D eigenvalue weighted by molar-refractivity contribution is 5.99. The molecule has 1 aliphatic carbocycles. The van der Waals surface area contributed by atoms with Gasteiger partial charge in [-0.3, -0.25) is 9.59 Å². The number of hydrogen-bond donors (Lipinski definition) is 2. The Bertz CT molecular complexity index is 854. The Hall–Kier alpha value is -2.88. The van der Waals surface area contributed by atoms with E-state index >= 15 is 0 Å². The number of fused-ring (bicyclic) bond motifs is 1. The molecule has 4 nitrogen and oxygen atoms in total. The average Bonchev–Trinajstić information content (AvgIpc) is 2.54. The Kier molecular flexibility index (Phi) is 3.29. The minimum atomic E-state index is -1.61. The normalized spacial score (nSPS) is 22.8. The Morgan fingerprint density at radius 2 is 1.45 bits per heavy atom. The number of rotatable bonds is 3. The third-order valence-corrected chi connectivity index (χ3v) is 4.09. The number of hydrogen-bond acceptors (Lipinski definition) is 2. The second-order valence-corrected chi connectivity index (χ2v) is 5.30. The lowest BCUT2D eigenvalue weighted by molar-refractivity contribution is -0.150. The Morgan fingerprint density at radius 1 is 0.864 bits per heavy atom. The minimum absolute atomic E-state index is 0.459. The van der Waals surface area contributed by atoms with Gasteiger partial charge in [-0.15, -0.1) is 0 Å². The van der Waals surface area contributed by atoms with E-state index in [9.17, 15) is 19.8 Å². The van der Waals surface area contributed by atoms with Gasteiger partial charge in [0.25, 0.3) is 0 Å². The van der Waals surface area contributed by atoms with Crippen molar-refractivity contribution in [3.05, 3.63) is 70.6 Å². The van der Waals surface area contributed by atoms with Gasteiger partial charge in [0.15, 0.2) is 0 Å². The number of benzene rings is 2. The van der Waals surface area contributed by atoms with E-state index in [1.807, 2.05) is 6.07 Å². The second-order valence-electron chi connectivity index (χ2n) is 5.30. The monoisotopic (exact) mass is 294 g/mol. The zero-order valence-electron chi connectivity index (χ0n) is 11.6. The average molecular weight is 294 g/mol. The van der Waals surface area contributed by atoms with Crippen LogP contribution in [0.3, 0.4) is 0 Å². The summed E-state index contributed by atoms with van der Waals surface area (Å²) in [6, 6.07) is 15.7. The predicted octanol–water partition coefficient (Wildman–Crippen LogP) is 0.985. The van der Waals surface area contributed by atoms with E-state index in [0.29, 0.717) is 5.56 Å². The van der Waals surface area contributed by atoms with Crippen molar-refractivity contribution >= 4 is 24.1 Å². The van der Waals surface area contributed by atoms with Gasteiger partial charge < -0.3 is 10.2 Å². The minimum Gasteiger partial charge on any atom is -0.481 e. The molecule has 22 heavy (non-hydrogen) atoms. The van der Waals surface area contributed by atoms with Crippen LogP contribution < -0.4 is 10.4 Å². The van der Waals surface area contributed by atoms with Crippen molar-refractivity contribution in [3.8, 4) is 0 Å². The Morgan fingerprint density at radius 3 is 2.05 bits per heavy atom. The molecule has 1 aliphatic rings. The predicted molar refractivity (Wildman–Crippen MR) is 81.5 cm³/mol. The highest BCUT2D eigenvalue weighted by atomic mass is 16.4. The maximum absolute atomic E-state index is 12.1. The molecule has 2 atom stereocenters. The van der Waals surface area contributed by atoms with Gasteiger partial charge in [0, 0.05) is 0 Å². The molecule has 110 valence electrons. The van der Waals surface area contributed by atoms with E-state index < -0.39 is 23.3 Å². The van der Waals surface area contributed by atoms with Gasteiger partial charge in [-0.2, -0.15) is 0 Å². The maximum Gasteiger partial charge on any atom is 0.319 e. The molecule has 0 aromatic heterocycles. The summed E-state index contributed by atoms with van der Waals surface area (Å²) < 4.78 is 0. The van der Waals surface area contributed by atoms with Crippen LogP contribution in [0.25, 0.3) is 12.2 Å². The topological polar surface area (TPSA) is 74.6 Å². The molecule has 0 heterocycles. The molecule has 0 saturated carbocycles. The lowest BCUT2D eigenvalue weighted by atomic mass is 9.67. The van der Waals surface area contributed by atoms with Gasteiger partial charge in [0.05, 0.1) is 5.92 Å². The van der Waals surface area contributed by atoms with Crippen LogP contribution in [0.2, 0.25) is 0 Å². The van der Waals surface area contributed by atoms with E-state index in [1.165, 1.54) is 6.08 Å². The lowest BCUT2D eigenvalue weighted by Gasteiger charge is -2.33. The SMILES string of the molecule is O=C(O)C1C=c2ccccc2=CC1(C(=O)O)c1ccccc1. The van der Waals surface area contributed by atoms with Gasteiger partial charge in [-0.25, -0.2) is 0 Å². The van der Waals surface area contributed by atoms with Crippen molar-refractivity contribution in [2.45, 2.75) is 5.41 Å². The van der Waals surface area contributed by atoms with E-state index in [4.69, 9.17) is 0 Å². The first-order valence-corrected chi connectivity index (χ1v) is 6.87. The first-order valence-electron chi connectivity index (χ1n) is 6.87. The highest BCUT2D eigenvalue weighted by Gasteiger charge is 2.49. The van der Waals surface area contributed by atoms with Crippen LogP contribution in [0.5, 0.6) is 0 Å². The van der Waals surface area contributed by atoms with Crippen molar-refractivity contribution in [1.29, 1.82) is 0 Å². The molecular weight excluding hydrogens is 280 g/mol. The molecule has 0 saturated heterocycles. The molecule has 0 spiro atoms. The molecule has 0 bridgehead atoms. The first kappa shape index (κ1) is 14.1. The standard InChI is InChI=1S/C18H14O4/c19-16(20)15-10-12-6-4-5-7-13(12)11-18(15,17(21)22)14-8-2-1-3-9-14/h1-11,15H,(H,19,20)(H,21,22). The molecule has 3 rings (SSSR count). The maximum atomic E-state index is 12.1. The summed E-state index contributed by atoms with van der Waals surface area (Å²) in [4.78, 5) is 23.8. The van der Waals surface area contributed by atoms with Gasteiger partial charge in [-0.05, 0) is 16.0 Å². The molecule has 4 heteroatoms. The largest absolute Gasteiger partial charge is 0.481 e. The zero-order valence-corrected chi connectivity index (χ0v) is 11.6. The summed E-state index contributed by atoms with van der Waals surface area (Å²) in [5.41, 5.74) is -1.15. The lowest BCUT2D eigenvalue weighted by Crippen LogP contribution is -2.50. The van der Waals surface area contributed by atoms with Crippen molar-refractivity contribution in [3.63, 3.8) is 0 Å². The van der Waals surface area contributed by atoms with E-state index in [0.717, 1.165) is 10.4 Å². The van der Waals surface area contributed by atoms with Crippen molar-refractivity contribution in [2.24, 2.45) is 5.92 Å². The molecule has 2 unspecified atom stereocenters. The summed E-state index contributed by atoms with van der Waals surface area (Å²) in [5.74, 6) is -3.49. The van der Waals surface area contributed by atoms with Gasteiger partial charge in [0.2, 0.25) is 0 Å². The Labute approximate surface area is 126 Å². The Balaban J connectivity index is 2.40. The van der Waals surface area contributed by atoms with Crippen LogP contribution in [-0.4, -0.2) is 22.2 Å².